The Labute approximate surface area is 77.6 Å². The van der Waals surface area contributed by atoms with Gasteiger partial charge in [-0.2, -0.15) is 5.06 Å². The molecule has 0 saturated heterocycles. The average Bonchev–Trinajstić information content (AvgIpc) is 2.17. The van der Waals surface area contributed by atoms with E-state index in [1.165, 1.54) is 12.5 Å². The van der Waals surface area contributed by atoms with E-state index < -0.39 is 0 Å². The van der Waals surface area contributed by atoms with Gasteiger partial charge >= 0.3 is 0 Å². The Balaban J connectivity index is 2.85. The predicted octanol–water partition coefficient (Wildman–Crippen LogP) is 1.99. The standard InChI is InChI=1S/C10H13NO2/c1-3-9-4-6-10(7-5-9)11(13)8(2)12/h4-7,13H,3H2,1-2H3. The highest BCUT2D eigenvalue weighted by atomic mass is 16.5. The molecule has 0 spiro atoms. The molecular formula is C10H13NO2. The van der Waals surface area contributed by atoms with Crippen LogP contribution < -0.4 is 5.06 Å². The summed E-state index contributed by atoms with van der Waals surface area (Å²) < 4.78 is 0. The van der Waals surface area contributed by atoms with E-state index in [9.17, 15) is 10.0 Å². The minimum absolute atomic E-state index is 0.385. The van der Waals surface area contributed by atoms with Crippen molar-refractivity contribution in [3.63, 3.8) is 0 Å². The van der Waals surface area contributed by atoms with Gasteiger partial charge in [0.25, 0.3) is 0 Å². The molecule has 3 heteroatoms. The smallest absolute Gasteiger partial charge is 0.247 e. The van der Waals surface area contributed by atoms with Crippen molar-refractivity contribution in [2.24, 2.45) is 0 Å². The zero-order valence-electron chi connectivity index (χ0n) is 7.82. The van der Waals surface area contributed by atoms with Gasteiger partial charge in [-0.15, -0.1) is 0 Å². The second-order valence-corrected chi connectivity index (χ2v) is 2.85. The number of anilines is 1. The van der Waals surface area contributed by atoms with Gasteiger partial charge < -0.3 is 0 Å². The highest BCUT2D eigenvalue weighted by molar-refractivity contribution is 5.88. The van der Waals surface area contributed by atoms with Crippen molar-refractivity contribution >= 4 is 11.6 Å². The number of hydrogen-bond donors (Lipinski definition) is 1. The molecule has 13 heavy (non-hydrogen) atoms. The van der Waals surface area contributed by atoms with Gasteiger partial charge in [0, 0.05) is 6.92 Å². The van der Waals surface area contributed by atoms with Crippen molar-refractivity contribution in [1.82, 2.24) is 0 Å². The number of hydroxylamine groups is 1. The Kier molecular flexibility index (Phi) is 3.03. The molecule has 0 bridgehead atoms. The highest BCUT2D eigenvalue weighted by Gasteiger charge is 2.06. The van der Waals surface area contributed by atoms with Crippen LogP contribution >= 0.6 is 0 Å². The first-order valence-corrected chi connectivity index (χ1v) is 4.23. The average molecular weight is 179 g/mol. The molecule has 0 aliphatic rings. The lowest BCUT2D eigenvalue weighted by Gasteiger charge is -2.12. The summed E-state index contributed by atoms with van der Waals surface area (Å²) in [4.78, 5) is 10.8. The Morgan fingerprint density at radius 3 is 2.31 bits per heavy atom. The van der Waals surface area contributed by atoms with Crippen molar-refractivity contribution < 1.29 is 10.0 Å². The third-order valence-electron chi connectivity index (χ3n) is 1.89. The quantitative estimate of drug-likeness (QED) is 0.557. The van der Waals surface area contributed by atoms with Gasteiger partial charge in [-0.1, -0.05) is 19.1 Å². The summed E-state index contributed by atoms with van der Waals surface area (Å²) in [5, 5.41) is 9.88. The molecule has 1 rings (SSSR count). The minimum atomic E-state index is -0.385. The van der Waals surface area contributed by atoms with Crippen molar-refractivity contribution in [1.29, 1.82) is 0 Å². The Bertz CT molecular complexity index is 292. The summed E-state index contributed by atoms with van der Waals surface area (Å²) in [6, 6.07) is 7.23. The van der Waals surface area contributed by atoms with Crippen LogP contribution in [0.2, 0.25) is 0 Å². The maximum absolute atomic E-state index is 10.8. The van der Waals surface area contributed by atoms with Crippen LogP contribution in [0, 0.1) is 0 Å². The third-order valence-corrected chi connectivity index (χ3v) is 1.89. The molecule has 0 saturated carbocycles. The van der Waals surface area contributed by atoms with E-state index in [0.29, 0.717) is 10.8 Å². The second kappa shape index (κ2) is 4.05. The summed E-state index contributed by atoms with van der Waals surface area (Å²) in [6.07, 6.45) is 0.950. The number of nitrogens with zero attached hydrogens (tertiary/aromatic N) is 1. The van der Waals surface area contributed by atoms with Crippen LogP contribution in [0.15, 0.2) is 24.3 Å². The largest absolute Gasteiger partial charge is 0.281 e. The molecule has 0 atom stereocenters. The van der Waals surface area contributed by atoms with Crippen LogP contribution in [-0.2, 0) is 11.2 Å². The maximum atomic E-state index is 10.8. The number of carbonyl (C=O) groups is 1. The lowest BCUT2D eigenvalue weighted by atomic mass is 10.1. The fraction of sp³-hybridized carbons (Fsp3) is 0.300. The Morgan fingerprint density at radius 1 is 1.38 bits per heavy atom. The van der Waals surface area contributed by atoms with Gasteiger partial charge in [-0.05, 0) is 24.1 Å². The molecule has 70 valence electrons. The Hall–Kier alpha value is -1.35. The fourth-order valence-electron chi connectivity index (χ4n) is 1.05. The van der Waals surface area contributed by atoms with E-state index in [4.69, 9.17) is 0 Å². The van der Waals surface area contributed by atoms with Crippen molar-refractivity contribution in [3.05, 3.63) is 29.8 Å². The molecule has 0 aliphatic heterocycles. The first-order chi connectivity index (χ1) is 6.15. The van der Waals surface area contributed by atoms with Gasteiger partial charge in [0.05, 0.1) is 5.69 Å². The molecule has 0 aromatic heterocycles. The number of hydrogen-bond acceptors (Lipinski definition) is 2. The van der Waals surface area contributed by atoms with Crippen LogP contribution in [0.25, 0.3) is 0 Å². The van der Waals surface area contributed by atoms with E-state index >= 15 is 0 Å². The number of rotatable bonds is 2. The lowest BCUT2D eigenvalue weighted by molar-refractivity contribution is -0.121. The van der Waals surface area contributed by atoms with Crippen LogP contribution in [-0.4, -0.2) is 11.1 Å². The summed E-state index contributed by atoms with van der Waals surface area (Å²) in [6.45, 7) is 3.37. The summed E-state index contributed by atoms with van der Waals surface area (Å²) >= 11 is 0. The molecule has 1 aromatic rings. The Morgan fingerprint density at radius 2 is 1.92 bits per heavy atom. The molecule has 0 unspecified atom stereocenters. The SMILES string of the molecule is CCc1ccc(N(O)C(C)=O)cc1. The number of amides is 1. The van der Waals surface area contributed by atoms with Crippen LogP contribution in [0.4, 0.5) is 5.69 Å². The van der Waals surface area contributed by atoms with Crippen LogP contribution in [0.1, 0.15) is 19.4 Å². The van der Waals surface area contributed by atoms with Crippen molar-refractivity contribution in [3.8, 4) is 0 Å². The molecule has 0 fully saturated rings. The number of aryl methyl sites for hydroxylation is 1. The van der Waals surface area contributed by atoms with Gasteiger partial charge in [0.2, 0.25) is 5.91 Å². The molecule has 0 heterocycles. The minimum Gasteiger partial charge on any atom is -0.281 e. The van der Waals surface area contributed by atoms with E-state index in [1.807, 2.05) is 12.1 Å². The summed E-state index contributed by atoms with van der Waals surface area (Å²) in [5.41, 5.74) is 1.69. The van der Waals surface area contributed by atoms with E-state index in [0.717, 1.165) is 6.42 Å². The summed E-state index contributed by atoms with van der Waals surface area (Å²) in [5.74, 6) is -0.385. The molecular weight excluding hydrogens is 166 g/mol. The molecule has 0 radical (unpaired) electrons. The molecule has 1 amide bonds. The van der Waals surface area contributed by atoms with Crippen LogP contribution in [0.3, 0.4) is 0 Å². The fourth-order valence-corrected chi connectivity index (χ4v) is 1.05. The second-order valence-electron chi connectivity index (χ2n) is 2.85. The molecule has 1 N–H and O–H groups in total. The van der Waals surface area contributed by atoms with Gasteiger partial charge in [0.15, 0.2) is 0 Å². The maximum Gasteiger partial charge on any atom is 0.247 e. The highest BCUT2D eigenvalue weighted by Crippen LogP contribution is 2.13. The summed E-state index contributed by atoms with van der Waals surface area (Å²) in [7, 11) is 0. The predicted molar refractivity (Wildman–Crippen MR) is 50.8 cm³/mol. The van der Waals surface area contributed by atoms with E-state index in [2.05, 4.69) is 6.92 Å². The van der Waals surface area contributed by atoms with Gasteiger partial charge in [0.1, 0.15) is 0 Å². The molecule has 0 aliphatic carbocycles. The van der Waals surface area contributed by atoms with Crippen LogP contribution in [0.5, 0.6) is 0 Å². The van der Waals surface area contributed by atoms with Crippen molar-refractivity contribution in [2.75, 3.05) is 5.06 Å². The van der Waals surface area contributed by atoms with Gasteiger partial charge in [-0.3, -0.25) is 10.0 Å². The van der Waals surface area contributed by atoms with E-state index in [-0.39, 0.29) is 5.91 Å². The zero-order chi connectivity index (χ0) is 9.84. The normalized spacial score (nSPS) is 9.77. The lowest BCUT2D eigenvalue weighted by Crippen LogP contribution is -2.23. The first kappa shape index (κ1) is 9.74. The third kappa shape index (κ3) is 2.29. The zero-order valence-corrected chi connectivity index (χ0v) is 7.82. The number of benzene rings is 1. The number of carbonyl (C=O) groups excluding carboxylic acids is 1. The van der Waals surface area contributed by atoms with Crippen molar-refractivity contribution in [2.45, 2.75) is 20.3 Å². The molecule has 3 nitrogen and oxygen atoms in total. The monoisotopic (exact) mass is 179 g/mol. The van der Waals surface area contributed by atoms with Gasteiger partial charge in [-0.25, -0.2) is 0 Å². The first-order valence-electron chi connectivity index (χ1n) is 4.23. The van der Waals surface area contributed by atoms with E-state index in [1.54, 1.807) is 12.1 Å². The topological polar surface area (TPSA) is 40.5 Å². The molecule has 1 aromatic carbocycles.